The molecule has 2 aliphatic rings. The second-order valence-electron chi connectivity index (χ2n) is 5.91. The van der Waals surface area contributed by atoms with Gasteiger partial charge in [-0.25, -0.2) is 4.98 Å². The van der Waals surface area contributed by atoms with E-state index in [2.05, 4.69) is 15.6 Å². The number of carbonyl (C=O) groups excluding carboxylic acids is 1. The van der Waals surface area contributed by atoms with E-state index in [0.717, 1.165) is 18.7 Å². The minimum atomic E-state index is 0. The number of rotatable bonds is 4. The first-order valence-corrected chi connectivity index (χ1v) is 7.19. The molecule has 2 aliphatic heterocycles. The minimum Gasteiger partial charge on any atom is -0.349 e. The number of hydrogen-bond donors (Lipinski definition) is 2. The van der Waals surface area contributed by atoms with Gasteiger partial charge in [-0.3, -0.25) is 4.79 Å². The Balaban J connectivity index is 0.00000110. The first-order chi connectivity index (χ1) is 9.20. The quantitative estimate of drug-likeness (QED) is 0.882. The Labute approximate surface area is 138 Å². The molecule has 7 heteroatoms. The maximum atomic E-state index is 12.0. The third-order valence-corrected chi connectivity index (χ3v) is 4.41. The molecule has 1 aromatic heterocycles. The summed E-state index contributed by atoms with van der Waals surface area (Å²) in [5, 5.41) is 6.59. The van der Waals surface area contributed by atoms with Crippen LogP contribution in [-0.4, -0.2) is 27.5 Å². The topological polar surface area (TPSA) is 59.0 Å². The average molecular weight is 335 g/mol. The van der Waals surface area contributed by atoms with E-state index in [-0.39, 0.29) is 30.7 Å². The number of piperidine rings is 1. The van der Waals surface area contributed by atoms with Crippen LogP contribution in [0, 0.1) is 5.92 Å². The summed E-state index contributed by atoms with van der Waals surface area (Å²) in [6.07, 6.45) is 9.21. The Morgan fingerprint density at radius 1 is 1.38 bits per heavy atom. The Morgan fingerprint density at radius 2 is 2.05 bits per heavy atom. The van der Waals surface area contributed by atoms with Crippen LogP contribution < -0.4 is 10.6 Å². The Kier molecular flexibility index (Phi) is 6.97. The SMILES string of the molecule is Cl.Cl.Cn1ccnc1CNC(=O)CC1CC2CCC(C1)N2. The van der Waals surface area contributed by atoms with E-state index in [1.165, 1.54) is 12.8 Å². The molecule has 21 heavy (non-hydrogen) atoms. The van der Waals surface area contributed by atoms with E-state index < -0.39 is 0 Å². The van der Waals surface area contributed by atoms with Crippen molar-refractivity contribution in [3.63, 3.8) is 0 Å². The Morgan fingerprint density at radius 3 is 2.62 bits per heavy atom. The van der Waals surface area contributed by atoms with Crippen LogP contribution in [0.15, 0.2) is 12.4 Å². The van der Waals surface area contributed by atoms with Crippen molar-refractivity contribution in [2.75, 3.05) is 0 Å². The molecule has 2 bridgehead atoms. The van der Waals surface area contributed by atoms with Crippen molar-refractivity contribution >= 4 is 30.7 Å². The Hall–Kier alpha value is -0.780. The monoisotopic (exact) mass is 334 g/mol. The number of amides is 1. The molecule has 0 spiro atoms. The van der Waals surface area contributed by atoms with Crippen LogP contribution in [0.25, 0.3) is 0 Å². The molecule has 0 saturated carbocycles. The number of hydrogen-bond acceptors (Lipinski definition) is 3. The largest absolute Gasteiger partial charge is 0.349 e. The number of nitrogens with one attached hydrogen (secondary N) is 2. The fourth-order valence-corrected chi connectivity index (χ4v) is 3.42. The van der Waals surface area contributed by atoms with E-state index in [4.69, 9.17) is 0 Å². The fourth-order valence-electron chi connectivity index (χ4n) is 3.42. The summed E-state index contributed by atoms with van der Waals surface area (Å²) in [7, 11) is 1.94. The zero-order valence-corrected chi connectivity index (χ0v) is 13.9. The van der Waals surface area contributed by atoms with Gasteiger partial charge in [0.2, 0.25) is 5.91 Å². The van der Waals surface area contributed by atoms with Crippen molar-refractivity contribution in [3.8, 4) is 0 Å². The smallest absolute Gasteiger partial charge is 0.220 e. The number of imidazole rings is 1. The summed E-state index contributed by atoms with van der Waals surface area (Å²) >= 11 is 0. The molecular formula is C14H24Cl2N4O. The van der Waals surface area contributed by atoms with E-state index in [1.807, 2.05) is 17.8 Å². The third kappa shape index (κ3) is 4.59. The summed E-state index contributed by atoms with van der Waals surface area (Å²) < 4.78 is 1.94. The van der Waals surface area contributed by atoms with Crippen molar-refractivity contribution in [3.05, 3.63) is 18.2 Å². The van der Waals surface area contributed by atoms with Gasteiger partial charge < -0.3 is 15.2 Å². The maximum Gasteiger partial charge on any atom is 0.220 e. The van der Waals surface area contributed by atoms with E-state index >= 15 is 0 Å². The van der Waals surface area contributed by atoms with Crippen LogP contribution in [0.3, 0.4) is 0 Å². The molecule has 2 saturated heterocycles. The lowest BCUT2D eigenvalue weighted by Gasteiger charge is -2.28. The van der Waals surface area contributed by atoms with Crippen LogP contribution in [0.4, 0.5) is 0 Å². The van der Waals surface area contributed by atoms with Gasteiger partial charge in [-0.2, -0.15) is 0 Å². The van der Waals surface area contributed by atoms with Gasteiger partial charge in [-0.1, -0.05) is 0 Å². The minimum absolute atomic E-state index is 0. The van der Waals surface area contributed by atoms with Gasteiger partial charge in [-0.15, -0.1) is 24.8 Å². The molecule has 2 N–H and O–H groups in total. The standard InChI is InChI=1S/C14H22N4O.2ClH/c1-18-5-4-15-13(18)9-16-14(19)8-10-6-11-2-3-12(7-10)17-11;;/h4-5,10-12,17H,2-3,6-9H2,1H3,(H,16,19);2*1H. The highest BCUT2D eigenvalue weighted by Gasteiger charge is 2.34. The van der Waals surface area contributed by atoms with Gasteiger partial charge in [-0.05, 0) is 31.6 Å². The zero-order chi connectivity index (χ0) is 13.2. The van der Waals surface area contributed by atoms with E-state index in [9.17, 15) is 4.79 Å². The molecule has 3 heterocycles. The molecule has 0 radical (unpaired) electrons. The summed E-state index contributed by atoms with van der Waals surface area (Å²) in [6, 6.07) is 1.32. The number of carbonyl (C=O) groups is 1. The van der Waals surface area contributed by atoms with Gasteiger partial charge in [0.15, 0.2) is 0 Å². The van der Waals surface area contributed by atoms with E-state index in [0.29, 0.717) is 31.0 Å². The molecule has 2 unspecified atom stereocenters. The normalized spacial score (nSPS) is 26.6. The predicted molar refractivity (Wildman–Crippen MR) is 86.8 cm³/mol. The summed E-state index contributed by atoms with van der Waals surface area (Å²) in [6.45, 7) is 0.528. The lowest BCUT2D eigenvalue weighted by Crippen LogP contribution is -2.39. The predicted octanol–water partition coefficient (Wildman–Crippen LogP) is 1.80. The number of fused-ring (bicyclic) bond motifs is 2. The van der Waals surface area contributed by atoms with Crippen molar-refractivity contribution < 1.29 is 4.79 Å². The number of aromatic nitrogens is 2. The van der Waals surface area contributed by atoms with Crippen LogP contribution in [0.2, 0.25) is 0 Å². The highest BCUT2D eigenvalue weighted by atomic mass is 35.5. The molecule has 0 aromatic carbocycles. The number of aryl methyl sites for hydroxylation is 1. The number of nitrogens with zero attached hydrogens (tertiary/aromatic N) is 2. The third-order valence-electron chi connectivity index (χ3n) is 4.41. The van der Waals surface area contributed by atoms with Crippen molar-refractivity contribution in [1.82, 2.24) is 20.2 Å². The zero-order valence-electron chi connectivity index (χ0n) is 12.2. The molecule has 5 nitrogen and oxygen atoms in total. The van der Waals surface area contributed by atoms with Gasteiger partial charge in [0.1, 0.15) is 5.82 Å². The van der Waals surface area contributed by atoms with Crippen LogP contribution in [-0.2, 0) is 18.4 Å². The molecule has 2 atom stereocenters. The van der Waals surface area contributed by atoms with Gasteiger partial charge in [0.25, 0.3) is 0 Å². The first kappa shape index (κ1) is 18.3. The summed E-state index contributed by atoms with van der Waals surface area (Å²) in [5.74, 6) is 1.62. The van der Waals surface area contributed by atoms with E-state index in [1.54, 1.807) is 6.20 Å². The van der Waals surface area contributed by atoms with Crippen molar-refractivity contribution in [1.29, 1.82) is 0 Å². The summed E-state index contributed by atoms with van der Waals surface area (Å²) in [5.41, 5.74) is 0. The molecule has 1 aromatic rings. The van der Waals surface area contributed by atoms with Gasteiger partial charge in [0.05, 0.1) is 6.54 Å². The first-order valence-electron chi connectivity index (χ1n) is 7.19. The highest BCUT2D eigenvalue weighted by molar-refractivity contribution is 5.85. The van der Waals surface area contributed by atoms with Gasteiger partial charge in [0, 0.05) is 37.9 Å². The fraction of sp³-hybridized carbons (Fsp3) is 0.714. The molecule has 0 aliphatic carbocycles. The lowest BCUT2D eigenvalue weighted by molar-refractivity contribution is -0.122. The molecule has 120 valence electrons. The van der Waals surface area contributed by atoms with Crippen molar-refractivity contribution in [2.45, 2.75) is 50.7 Å². The molecule has 1 amide bonds. The Bertz CT molecular complexity index is 454. The van der Waals surface area contributed by atoms with Gasteiger partial charge >= 0.3 is 0 Å². The molecular weight excluding hydrogens is 311 g/mol. The number of halogens is 2. The lowest BCUT2D eigenvalue weighted by atomic mass is 9.89. The second-order valence-corrected chi connectivity index (χ2v) is 5.91. The van der Waals surface area contributed by atoms with Crippen LogP contribution in [0.5, 0.6) is 0 Å². The second kappa shape index (κ2) is 8.01. The van der Waals surface area contributed by atoms with Crippen LogP contribution in [0.1, 0.15) is 37.9 Å². The van der Waals surface area contributed by atoms with Crippen LogP contribution >= 0.6 is 24.8 Å². The van der Waals surface area contributed by atoms with Crippen molar-refractivity contribution in [2.24, 2.45) is 13.0 Å². The maximum absolute atomic E-state index is 12.0. The summed E-state index contributed by atoms with van der Waals surface area (Å²) in [4.78, 5) is 16.2. The molecule has 2 fully saturated rings. The highest BCUT2D eigenvalue weighted by Crippen LogP contribution is 2.32. The molecule has 3 rings (SSSR count). The average Bonchev–Trinajstić information content (AvgIpc) is 2.93.